The molecule has 0 radical (unpaired) electrons. The van der Waals surface area contributed by atoms with Crippen LogP contribution in [-0.4, -0.2) is 29.6 Å². The van der Waals surface area contributed by atoms with Crippen LogP contribution in [0.4, 0.5) is 0 Å². The van der Waals surface area contributed by atoms with Crippen LogP contribution >= 0.6 is 23.4 Å². The lowest BCUT2D eigenvalue weighted by Crippen LogP contribution is -2.32. The second kappa shape index (κ2) is 7.21. The van der Waals surface area contributed by atoms with Gasteiger partial charge in [-0.15, -0.1) is 0 Å². The van der Waals surface area contributed by atoms with Crippen molar-refractivity contribution in [1.82, 2.24) is 4.90 Å². The second-order valence-electron chi connectivity index (χ2n) is 5.36. The predicted molar refractivity (Wildman–Crippen MR) is 93.6 cm³/mol. The molecule has 1 heterocycles. The molecule has 1 saturated heterocycles. The van der Waals surface area contributed by atoms with E-state index in [0.29, 0.717) is 15.8 Å². The lowest BCUT2D eigenvalue weighted by Gasteiger charge is -2.20. The van der Waals surface area contributed by atoms with Gasteiger partial charge in [0.25, 0.3) is 5.91 Å². The summed E-state index contributed by atoms with van der Waals surface area (Å²) in [5.74, 6) is 1.04. The van der Waals surface area contributed by atoms with Crippen LogP contribution in [0, 0.1) is 0 Å². The maximum absolute atomic E-state index is 12.6. The molecule has 0 bridgehead atoms. The Morgan fingerprint density at radius 3 is 2.68 bits per heavy atom. The Morgan fingerprint density at radius 1 is 1.09 bits per heavy atom. The Morgan fingerprint density at radius 2 is 1.91 bits per heavy atom. The van der Waals surface area contributed by atoms with Gasteiger partial charge >= 0.3 is 0 Å². The molecule has 3 rings (SSSR count). The smallest absolute Gasteiger partial charge is 0.253 e. The minimum atomic E-state index is 0.0804. The standard InChI is InChI=1S/C18H18ClNOS/c19-16-8-4-7-15(13-16)18(21)20-10-9-17(22-12-11-20)14-5-2-1-3-6-14/h1-8,13,17H,9-12H2/t17-/m1/s1. The summed E-state index contributed by atoms with van der Waals surface area (Å²) < 4.78 is 0. The zero-order valence-electron chi connectivity index (χ0n) is 12.2. The molecule has 1 amide bonds. The molecule has 0 unspecified atom stereocenters. The van der Waals surface area contributed by atoms with Gasteiger partial charge in [-0.25, -0.2) is 0 Å². The van der Waals surface area contributed by atoms with Crippen LogP contribution in [0.25, 0.3) is 0 Å². The number of hydrogen-bond acceptors (Lipinski definition) is 2. The van der Waals surface area contributed by atoms with Gasteiger partial charge in [-0.2, -0.15) is 11.8 Å². The van der Waals surface area contributed by atoms with Gasteiger partial charge < -0.3 is 4.90 Å². The topological polar surface area (TPSA) is 20.3 Å². The molecule has 0 aromatic heterocycles. The van der Waals surface area contributed by atoms with Crippen molar-refractivity contribution in [3.8, 4) is 0 Å². The van der Waals surface area contributed by atoms with Crippen molar-refractivity contribution in [2.24, 2.45) is 0 Å². The minimum absolute atomic E-state index is 0.0804. The van der Waals surface area contributed by atoms with Gasteiger partial charge in [-0.3, -0.25) is 4.79 Å². The summed E-state index contributed by atoms with van der Waals surface area (Å²) in [6.07, 6.45) is 0.987. The summed E-state index contributed by atoms with van der Waals surface area (Å²) in [6.45, 7) is 1.58. The summed E-state index contributed by atoms with van der Waals surface area (Å²) >= 11 is 7.93. The number of hydrogen-bond donors (Lipinski definition) is 0. The van der Waals surface area contributed by atoms with Gasteiger partial charge in [-0.05, 0) is 30.2 Å². The molecule has 0 N–H and O–H groups in total. The average Bonchev–Trinajstić information content (AvgIpc) is 2.81. The van der Waals surface area contributed by atoms with E-state index >= 15 is 0 Å². The number of nitrogens with zero attached hydrogens (tertiary/aromatic N) is 1. The fourth-order valence-corrected chi connectivity index (χ4v) is 4.13. The largest absolute Gasteiger partial charge is 0.338 e. The number of thioether (sulfide) groups is 1. The minimum Gasteiger partial charge on any atom is -0.338 e. The van der Waals surface area contributed by atoms with Gasteiger partial charge in [0, 0.05) is 34.7 Å². The number of halogens is 1. The van der Waals surface area contributed by atoms with E-state index in [2.05, 4.69) is 24.3 Å². The van der Waals surface area contributed by atoms with Gasteiger partial charge in [0.1, 0.15) is 0 Å². The molecule has 2 aromatic rings. The summed E-state index contributed by atoms with van der Waals surface area (Å²) in [7, 11) is 0. The second-order valence-corrected chi connectivity index (χ2v) is 7.11. The van der Waals surface area contributed by atoms with Gasteiger partial charge in [-0.1, -0.05) is 48.0 Å². The lowest BCUT2D eigenvalue weighted by molar-refractivity contribution is 0.0766. The van der Waals surface area contributed by atoms with Crippen molar-refractivity contribution >= 4 is 29.3 Å². The first kappa shape index (κ1) is 15.4. The quantitative estimate of drug-likeness (QED) is 0.797. The molecular weight excluding hydrogens is 314 g/mol. The predicted octanol–water partition coefficient (Wildman–Crippen LogP) is 4.66. The van der Waals surface area contributed by atoms with Crippen LogP contribution in [-0.2, 0) is 0 Å². The zero-order valence-corrected chi connectivity index (χ0v) is 13.8. The third-order valence-corrected chi connectivity index (χ3v) is 5.44. The molecule has 0 aliphatic carbocycles. The van der Waals surface area contributed by atoms with Crippen LogP contribution < -0.4 is 0 Å². The molecule has 114 valence electrons. The van der Waals surface area contributed by atoms with Crippen LogP contribution in [0.2, 0.25) is 5.02 Å². The van der Waals surface area contributed by atoms with Crippen molar-refractivity contribution in [1.29, 1.82) is 0 Å². The zero-order chi connectivity index (χ0) is 15.4. The first-order valence-corrected chi connectivity index (χ1v) is 8.88. The molecule has 1 aliphatic heterocycles. The molecule has 0 saturated carbocycles. The Bertz CT molecular complexity index is 647. The number of carbonyl (C=O) groups excluding carboxylic acids is 1. The van der Waals surface area contributed by atoms with E-state index in [-0.39, 0.29) is 5.91 Å². The SMILES string of the molecule is O=C(c1cccc(Cl)c1)N1CCS[C@@H](c2ccccc2)CC1. The lowest BCUT2D eigenvalue weighted by atomic mass is 10.1. The Hall–Kier alpha value is -1.45. The van der Waals surface area contributed by atoms with Crippen molar-refractivity contribution in [2.45, 2.75) is 11.7 Å². The normalized spacial score (nSPS) is 18.8. The molecule has 1 fully saturated rings. The first-order chi connectivity index (χ1) is 10.7. The number of rotatable bonds is 2. The molecule has 1 atom stereocenters. The first-order valence-electron chi connectivity index (χ1n) is 7.45. The van der Waals surface area contributed by atoms with Crippen LogP contribution in [0.5, 0.6) is 0 Å². The highest BCUT2D eigenvalue weighted by Gasteiger charge is 2.22. The maximum Gasteiger partial charge on any atom is 0.253 e. The highest BCUT2D eigenvalue weighted by molar-refractivity contribution is 7.99. The molecule has 2 nitrogen and oxygen atoms in total. The van der Waals surface area contributed by atoms with Crippen LogP contribution in [0.3, 0.4) is 0 Å². The molecular formula is C18H18ClNOS. The summed E-state index contributed by atoms with van der Waals surface area (Å²) in [5.41, 5.74) is 2.03. The van der Waals surface area contributed by atoms with Crippen molar-refractivity contribution in [2.75, 3.05) is 18.8 Å². The van der Waals surface area contributed by atoms with E-state index in [1.54, 1.807) is 12.1 Å². The van der Waals surface area contributed by atoms with Crippen LogP contribution in [0.15, 0.2) is 54.6 Å². The van der Waals surface area contributed by atoms with Gasteiger partial charge in [0.15, 0.2) is 0 Å². The third kappa shape index (κ3) is 3.65. The molecule has 0 spiro atoms. The van der Waals surface area contributed by atoms with Crippen molar-refractivity contribution in [3.05, 3.63) is 70.7 Å². The Kier molecular flexibility index (Phi) is 5.06. The van der Waals surface area contributed by atoms with E-state index < -0.39 is 0 Å². The van der Waals surface area contributed by atoms with E-state index in [4.69, 9.17) is 11.6 Å². The Balaban J connectivity index is 1.69. The van der Waals surface area contributed by atoms with E-state index in [9.17, 15) is 4.79 Å². The highest BCUT2D eigenvalue weighted by Crippen LogP contribution is 2.34. The van der Waals surface area contributed by atoms with E-state index in [0.717, 1.165) is 25.3 Å². The average molecular weight is 332 g/mol. The fourth-order valence-electron chi connectivity index (χ4n) is 2.71. The molecule has 4 heteroatoms. The third-order valence-electron chi connectivity index (χ3n) is 3.87. The highest BCUT2D eigenvalue weighted by atomic mass is 35.5. The van der Waals surface area contributed by atoms with Crippen molar-refractivity contribution < 1.29 is 4.79 Å². The Labute approximate surface area is 140 Å². The fraction of sp³-hybridized carbons (Fsp3) is 0.278. The monoisotopic (exact) mass is 331 g/mol. The summed E-state index contributed by atoms with van der Waals surface area (Å²) in [6, 6.07) is 17.7. The molecule has 1 aliphatic rings. The van der Waals surface area contributed by atoms with E-state index in [1.165, 1.54) is 5.56 Å². The number of amides is 1. The molecule has 22 heavy (non-hydrogen) atoms. The summed E-state index contributed by atoms with van der Waals surface area (Å²) in [4.78, 5) is 14.6. The number of carbonyl (C=O) groups is 1. The van der Waals surface area contributed by atoms with Crippen molar-refractivity contribution in [3.63, 3.8) is 0 Å². The maximum atomic E-state index is 12.6. The number of benzene rings is 2. The van der Waals surface area contributed by atoms with E-state index in [1.807, 2.05) is 34.9 Å². The molecule has 2 aromatic carbocycles. The van der Waals surface area contributed by atoms with Crippen LogP contribution in [0.1, 0.15) is 27.6 Å². The van der Waals surface area contributed by atoms with Gasteiger partial charge in [0.05, 0.1) is 0 Å². The summed E-state index contributed by atoms with van der Waals surface area (Å²) in [5, 5.41) is 1.08. The van der Waals surface area contributed by atoms with Gasteiger partial charge in [0.2, 0.25) is 0 Å².